The Balaban J connectivity index is 1.75. The zero-order chi connectivity index (χ0) is 9.38. The third-order valence-corrected chi connectivity index (χ3v) is 3.74. The molecule has 1 aliphatic carbocycles. The summed E-state index contributed by atoms with van der Waals surface area (Å²) < 4.78 is 0. The number of nitrogens with zero attached hydrogens (tertiary/aromatic N) is 1. The monoisotopic (exact) mass is 207 g/mol. The highest BCUT2D eigenvalue weighted by molar-refractivity contribution is 8.14. The first-order valence-corrected chi connectivity index (χ1v) is 6.01. The fourth-order valence-electron chi connectivity index (χ4n) is 2.13. The summed E-state index contributed by atoms with van der Waals surface area (Å²) in [5, 5.41) is 4.64. The maximum absolute atomic E-state index is 4.41. The summed E-state index contributed by atoms with van der Waals surface area (Å²) in [5.74, 6) is 1.13. The van der Waals surface area contributed by atoms with Crippen molar-refractivity contribution in [2.24, 2.45) is 4.99 Å². The van der Waals surface area contributed by atoms with E-state index in [0.29, 0.717) is 6.04 Å². The standard InChI is InChI=1S/C10H13N3S/c1-2-9(8-6-11-5-7(1)8)13-10-12-3-4-14-10/h5-6,9,11H,1-4H2,(H,12,13). The van der Waals surface area contributed by atoms with Gasteiger partial charge < -0.3 is 10.3 Å². The molecule has 0 saturated heterocycles. The number of rotatable bonds is 1. The number of H-pyrrole nitrogens is 1. The minimum atomic E-state index is 0.487. The highest BCUT2D eigenvalue weighted by atomic mass is 32.2. The Bertz CT molecular complexity index is 369. The van der Waals surface area contributed by atoms with Crippen LogP contribution in [-0.2, 0) is 6.42 Å². The van der Waals surface area contributed by atoms with E-state index >= 15 is 0 Å². The van der Waals surface area contributed by atoms with Crippen LogP contribution in [0.25, 0.3) is 0 Å². The Hall–Kier alpha value is -0.900. The molecule has 1 aromatic rings. The molecule has 2 heterocycles. The van der Waals surface area contributed by atoms with Gasteiger partial charge in [0.1, 0.15) is 0 Å². The molecule has 0 spiro atoms. The molecule has 74 valence electrons. The highest BCUT2D eigenvalue weighted by Gasteiger charge is 2.24. The number of aromatic nitrogens is 1. The fourth-order valence-corrected chi connectivity index (χ4v) is 2.91. The third-order valence-electron chi connectivity index (χ3n) is 2.83. The van der Waals surface area contributed by atoms with E-state index in [9.17, 15) is 0 Å². The predicted octanol–water partition coefficient (Wildman–Crippen LogP) is 1.69. The molecule has 0 fully saturated rings. The maximum Gasteiger partial charge on any atom is 0.157 e. The largest absolute Gasteiger partial charge is 0.367 e. The van der Waals surface area contributed by atoms with Crippen LogP contribution in [-0.4, -0.2) is 22.4 Å². The smallest absolute Gasteiger partial charge is 0.157 e. The van der Waals surface area contributed by atoms with Gasteiger partial charge in [0, 0.05) is 18.1 Å². The summed E-state index contributed by atoms with van der Waals surface area (Å²) in [7, 11) is 0. The number of hydrogen-bond donors (Lipinski definition) is 2. The Morgan fingerprint density at radius 1 is 1.50 bits per heavy atom. The lowest BCUT2D eigenvalue weighted by molar-refractivity contribution is 0.642. The lowest BCUT2D eigenvalue weighted by atomic mass is 10.2. The van der Waals surface area contributed by atoms with E-state index in [4.69, 9.17) is 0 Å². The minimum absolute atomic E-state index is 0.487. The predicted molar refractivity (Wildman–Crippen MR) is 59.8 cm³/mol. The summed E-state index contributed by atoms with van der Waals surface area (Å²) in [5.41, 5.74) is 2.89. The number of nitrogens with one attached hydrogen (secondary N) is 2. The van der Waals surface area contributed by atoms with Crippen LogP contribution < -0.4 is 5.32 Å². The van der Waals surface area contributed by atoms with Crippen LogP contribution in [0.4, 0.5) is 0 Å². The molecule has 2 N–H and O–H groups in total. The third kappa shape index (κ3) is 1.34. The average molecular weight is 207 g/mol. The number of amidine groups is 1. The average Bonchev–Trinajstić information content (AvgIpc) is 2.85. The molecule has 1 aromatic heterocycles. The zero-order valence-corrected chi connectivity index (χ0v) is 8.73. The molecule has 0 amide bonds. The Morgan fingerprint density at radius 2 is 2.50 bits per heavy atom. The lowest BCUT2D eigenvalue weighted by Crippen LogP contribution is -2.23. The molecule has 1 unspecified atom stereocenters. The van der Waals surface area contributed by atoms with Gasteiger partial charge in [0.05, 0.1) is 12.6 Å². The van der Waals surface area contributed by atoms with Crippen LogP contribution in [0.1, 0.15) is 23.6 Å². The highest BCUT2D eigenvalue weighted by Crippen LogP contribution is 2.31. The van der Waals surface area contributed by atoms with Crippen molar-refractivity contribution in [1.82, 2.24) is 10.3 Å². The van der Waals surface area contributed by atoms with Crippen molar-refractivity contribution < 1.29 is 0 Å². The van der Waals surface area contributed by atoms with Crippen molar-refractivity contribution in [3.63, 3.8) is 0 Å². The number of aliphatic imine (C=N–C) groups is 1. The van der Waals surface area contributed by atoms with E-state index in [0.717, 1.165) is 17.5 Å². The SMILES string of the molecule is c1[nH]cc2c1CCC2NC1=NCCS1. The normalized spacial score (nSPS) is 24.9. The first-order chi connectivity index (χ1) is 6.93. The van der Waals surface area contributed by atoms with Gasteiger partial charge in [-0.3, -0.25) is 4.99 Å². The van der Waals surface area contributed by atoms with E-state index in [1.54, 1.807) is 0 Å². The second kappa shape index (κ2) is 3.35. The zero-order valence-electron chi connectivity index (χ0n) is 7.92. The molecule has 0 radical (unpaired) electrons. The quantitative estimate of drug-likeness (QED) is 0.735. The summed E-state index contributed by atoms with van der Waals surface area (Å²) in [4.78, 5) is 7.58. The summed E-state index contributed by atoms with van der Waals surface area (Å²) in [6, 6.07) is 0.487. The van der Waals surface area contributed by atoms with Gasteiger partial charge in [-0.25, -0.2) is 0 Å². The molecule has 0 bridgehead atoms. The first-order valence-electron chi connectivity index (χ1n) is 5.03. The fraction of sp³-hybridized carbons (Fsp3) is 0.500. The van der Waals surface area contributed by atoms with Crippen molar-refractivity contribution >= 4 is 16.9 Å². The number of aromatic amines is 1. The maximum atomic E-state index is 4.41. The van der Waals surface area contributed by atoms with Crippen LogP contribution in [0.3, 0.4) is 0 Å². The molecule has 0 aromatic carbocycles. The number of hydrogen-bond acceptors (Lipinski definition) is 3. The molecule has 3 rings (SSSR count). The van der Waals surface area contributed by atoms with Crippen LogP contribution in [0, 0.1) is 0 Å². The van der Waals surface area contributed by atoms with Crippen molar-refractivity contribution in [3.05, 3.63) is 23.5 Å². The summed E-state index contributed by atoms with van der Waals surface area (Å²) in [6.07, 6.45) is 6.62. The van der Waals surface area contributed by atoms with Gasteiger partial charge in [0.25, 0.3) is 0 Å². The minimum Gasteiger partial charge on any atom is -0.367 e. The molecule has 2 aliphatic rings. The summed E-state index contributed by atoms with van der Waals surface area (Å²) in [6.45, 7) is 0.972. The molecule has 3 nitrogen and oxygen atoms in total. The van der Waals surface area contributed by atoms with Crippen LogP contribution in [0.5, 0.6) is 0 Å². The van der Waals surface area contributed by atoms with Gasteiger partial charge >= 0.3 is 0 Å². The van der Waals surface area contributed by atoms with Crippen molar-refractivity contribution in [2.75, 3.05) is 12.3 Å². The van der Waals surface area contributed by atoms with E-state index in [1.807, 2.05) is 11.8 Å². The van der Waals surface area contributed by atoms with Crippen molar-refractivity contribution in [2.45, 2.75) is 18.9 Å². The van der Waals surface area contributed by atoms with Crippen LogP contribution in [0.2, 0.25) is 0 Å². The molecule has 0 saturated carbocycles. The van der Waals surface area contributed by atoms with Gasteiger partial charge in [-0.2, -0.15) is 0 Å². The molecule has 1 aliphatic heterocycles. The molecular weight excluding hydrogens is 194 g/mol. The van der Waals surface area contributed by atoms with Crippen LogP contribution in [0.15, 0.2) is 17.4 Å². The number of thioether (sulfide) groups is 1. The second-order valence-electron chi connectivity index (χ2n) is 3.71. The van der Waals surface area contributed by atoms with Gasteiger partial charge in [0.2, 0.25) is 0 Å². The number of fused-ring (bicyclic) bond motifs is 1. The molecular formula is C10H13N3S. The molecule has 14 heavy (non-hydrogen) atoms. The van der Waals surface area contributed by atoms with Gasteiger partial charge in [-0.15, -0.1) is 0 Å². The van der Waals surface area contributed by atoms with Crippen LogP contribution >= 0.6 is 11.8 Å². The van der Waals surface area contributed by atoms with E-state index in [2.05, 4.69) is 27.7 Å². The molecule has 4 heteroatoms. The van der Waals surface area contributed by atoms with Crippen molar-refractivity contribution in [1.29, 1.82) is 0 Å². The second-order valence-corrected chi connectivity index (χ2v) is 4.79. The number of aryl methyl sites for hydroxylation is 1. The van der Waals surface area contributed by atoms with Crippen molar-refractivity contribution in [3.8, 4) is 0 Å². The van der Waals surface area contributed by atoms with Gasteiger partial charge in [-0.05, 0) is 24.0 Å². The van der Waals surface area contributed by atoms with Gasteiger partial charge in [0.15, 0.2) is 5.17 Å². The Morgan fingerprint density at radius 3 is 3.36 bits per heavy atom. The lowest BCUT2D eigenvalue weighted by Gasteiger charge is -2.12. The topological polar surface area (TPSA) is 40.2 Å². The first kappa shape index (κ1) is 8.41. The van der Waals surface area contributed by atoms with E-state index < -0.39 is 0 Å². The Kier molecular flexibility index (Phi) is 2.01. The molecule has 1 atom stereocenters. The van der Waals surface area contributed by atoms with E-state index in [-0.39, 0.29) is 0 Å². The van der Waals surface area contributed by atoms with E-state index in [1.165, 1.54) is 24.0 Å². The van der Waals surface area contributed by atoms with Gasteiger partial charge in [-0.1, -0.05) is 11.8 Å². The Labute approximate surface area is 87.4 Å². The summed E-state index contributed by atoms with van der Waals surface area (Å²) >= 11 is 1.84.